The van der Waals surface area contributed by atoms with Gasteiger partial charge in [0.15, 0.2) is 5.17 Å². The number of aromatic nitrogens is 1. The van der Waals surface area contributed by atoms with E-state index in [1.54, 1.807) is 31.0 Å². The smallest absolute Gasteiger partial charge is 0.274 e. The molecule has 1 atom stereocenters. The number of hydrogen-bond acceptors (Lipinski definition) is 6. The number of carbonyl (C=O) groups excluding carboxylic acids is 1. The van der Waals surface area contributed by atoms with E-state index < -0.39 is 5.54 Å². The maximum absolute atomic E-state index is 12.5. The molecule has 9 heteroatoms. The zero-order valence-electron chi connectivity index (χ0n) is 15.6. The third kappa shape index (κ3) is 5.38. The fourth-order valence-electron chi connectivity index (χ4n) is 2.92. The number of thioether (sulfide) groups is 1. The number of nitrogens with one attached hydrogen (secondary N) is 1. The minimum Gasteiger partial charge on any atom is -0.380 e. The van der Waals surface area contributed by atoms with E-state index in [1.807, 2.05) is 18.2 Å². The van der Waals surface area contributed by atoms with Crippen LogP contribution in [0, 0.1) is 0 Å². The predicted molar refractivity (Wildman–Crippen MR) is 118 cm³/mol. The summed E-state index contributed by atoms with van der Waals surface area (Å²) in [5, 5.41) is 3.96. The highest BCUT2D eigenvalue weighted by atomic mass is 35.5. The Hall–Kier alpha value is -1.80. The highest BCUT2D eigenvalue weighted by Crippen LogP contribution is 2.36. The summed E-state index contributed by atoms with van der Waals surface area (Å²) in [6, 6.07) is 9.08. The second kappa shape index (κ2) is 9.60. The number of nitrogens with zero attached hydrogens (tertiary/aromatic N) is 2. The minimum absolute atomic E-state index is 0. The monoisotopic (exact) mass is 440 g/mol. The van der Waals surface area contributed by atoms with Crippen LogP contribution in [0.5, 0.6) is 0 Å². The van der Waals surface area contributed by atoms with Crippen LogP contribution in [-0.2, 0) is 16.9 Å². The number of amides is 1. The maximum Gasteiger partial charge on any atom is 0.274 e. The van der Waals surface area contributed by atoms with E-state index in [4.69, 9.17) is 22.1 Å². The van der Waals surface area contributed by atoms with Crippen LogP contribution in [-0.4, -0.2) is 28.9 Å². The van der Waals surface area contributed by atoms with Crippen molar-refractivity contribution in [3.8, 4) is 0 Å². The number of methoxy groups -OCH3 is 1. The van der Waals surface area contributed by atoms with Gasteiger partial charge in [-0.1, -0.05) is 29.4 Å². The molecule has 0 aliphatic carbocycles. The molecule has 1 unspecified atom stereocenters. The molecule has 6 nitrogen and oxygen atoms in total. The summed E-state index contributed by atoms with van der Waals surface area (Å²) in [5.41, 5.74) is 8.40. The number of nitrogens with two attached hydrogens (primary N) is 1. The topological polar surface area (TPSA) is 89.6 Å². The Kier molecular flexibility index (Phi) is 7.71. The average Bonchev–Trinajstić information content (AvgIpc) is 2.62. The Morgan fingerprint density at radius 1 is 1.39 bits per heavy atom. The van der Waals surface area contributed by atoms with Crippen LogP contribution < -0.4 is 11.1 Å². The van der Waals surface area contributed by atoms with Crippen LogP contribution in [0.2, 0.25) is 5.02 Å². The fraction of sp³-hybridized carbons (Fsp3) is 0.316. The van der Waals surface area contributed by atoms with Crippen LogP contribution in [0.3, 0.4) is 0 Å². The fourth-order valence-corrected chi connectivity index (χ4v) is 4.01. The zero-order valence-corrected chi connectivity index (χ0v) is 18.0. The van der Waals surface area contributed by atoms with Crippen molar-refractivity contribution >= 4 is 52.5 Å². The third-order valence-electron chi connectivity index (χ3n) is 4.34. The molecule has 0 fully saturated rings. The summed E-state index contributed by atoms with van der Waals surface area (Å²) in [7, 11) is 1.64. The molecule has 2 heterocycles. The highest BCUT2D eigenvalue weighted by molar-refractivity contribution is 8.13. The number of aliphatic imine (C=N–C) groups is 1. The van der Waals surface area contributed by atoms with Crippen LogP contribution in [0.1, 0.15) is 35.0 Å². The van der Waals surface area contributed by atoms with Gasteiger partial charge in [0.05, 0.1) is 17.2 Å². The standard InChI is InChI=1S/C19H21ClN4O2S.ClH/c1-19(5-6-27-18(21)24-19)13-7-12(11-26-2)8-15(9-13)23-17(25)16-4-3-14(20)10-22-16;/h3-4,7-10H,5-6,11H2,1-2H3,(H2,21,24)(H,23,25);1H. The molecule has 28 heavy (non-hydrogen) atoms. The normalized spacial score (nSPS) is 18.8. The molecule has 0 spiro atoms. The molecular formula is C19H22Cl2N4O2S. The van der Waals surface area contributed by atoms with Gasteiger partial charge in [0.1, 0.15) is 5.69 Å². The molecule has 0 bridgehead atoms. The molecule has 1 aromatic heterocycles. The number of ether oxygens (including phenoxy) is 1. The number of amidine groups is 1. The largest absolute Gasteiger partial charge is 0.380 e. The van der Waals surface area contributed by atoms with E-state index in [1.165, 1.54) is 6.20 Å². The molecule has 1 amide bonds. The van der Waals surface area contributed by atoms with Crippen molar-refractivity contribution < 1.29 is 9.53 Å². The van der Waals surface area contributed by atoms with Crippen LogP contribution >= 0.6 is 35.8 Å². The molecule has 3 rings (SSSR count). The lowest BCUT2D eigenvalue weighted by Gasteiger charge is -2.30. The van der Waals surface area contributed by atoms with Crippen molar-refractivity contribution in [1.82, 2.24) is 4.98 Å². The lowest BCUT2D eigenvalue weighted by atomic mass is 9.88. The second-order valence-corrected chi connectivity index (χ2v) is 8.04. The van der Waals surface area contributed by atoms with Crippen molar-refractivity contribution in [2.24, 2.45) is 10.7 Å². The number of halogens is 2. The lowest BCUT2D eigenvalue weighted by Crippen LogP contribution is -2.29. The molecule has 1 aliphatic heterocycles. The summed E-state index contributed by atoms with van der Waals surface area (Å²) >= 11 is 7.39. The first-order valence-electron chi connectivity index (χ1n) is 8.44. The Morgan fingerprint density at radius 2 is 2.18 bits per heavy atom. The first-order valence-corrected chi connectivity index (χ1v) is 9.80. The van der Waals surface area contributed by atoms with Gasteiger partial charge in [0.25, 0.3) is 5.91 Å². The molecule has 0 radical (unpaired) electrons. The third-order valence-corrected chi connectivity index (χ3v) is 5.36. The number of benzene rings is 1. The second-order valence-electron chi connectivity index (χ2n) is 6.49. The van der Waals surface area contributed by atoms with Crippen molar-refractivity contribution in [2.45, 2.75) is 25.5 Å². The van der Waals surface area contributed by atoms with Crippen molar-refractivity contribution in [1.29, 1.82) is 0 Å². The Balaban J connectivity index is 0.00000280. The summed E-state index contributed by atoms with van der Waals surface area (Å²) in [6.45, 7) is 2.48. The van der Waals surface area contributed by atoms with Crippen molar-refractivity contribution in [3.63, 3.8) is 0 Å². The Morgan fingerprint density at radius 3 is 2.82 bits per heavy atom. The van der Waals surface area contributed by atoms with E-state index in [2.05, 4.69) is 22.2 Å². The van der Waals surface area contributed by atoms with Crippen LogP contribution in [0.4, 0.5) is 5.69 Å². The molecule has 0 saturated carbocycles. The molecule has 1 aromatic carbocycles. The van der Waals surface area contributed by atoms with Crippen molar-refractivity contribution in [3.05, 3.63) is 58.4 Å². The Bertz CT molecular complexity index is 877. The van der Waals surface area contributed by atoms with Gasteiger partial charge in [-0.05, 0) is 48.7 Å². The van der Waals surface area contributed by atoms with Gasteiger partial charge in [0.2, 0.25) is 0 Å². The predicted octanol–water partition coefficient (Wildman–Crippen LogP) is 4.22. The maximum atomic E-state index is 12.5. The highest BCUT2D eigenvalue weighted by Gasteiger charge is 2.30. The van der Waals surface area contributed by atoms with Gasteiger partial charge < -0.3 is 15.8 Å². The van der Waals surface area contributed by atoms with Gasteiger partial charge in [-0.2, -0.15) is 0 Å². The number of rotatable bonds is 5. The molecular weight excluding hydrogens is 419 g/mol. The quantitative estimate of drug-likeness (QED) is 0.725. The molecule has 0 saturated heterocycles. The summed E-state index contributed by atoms with van der Waals surface area (Å²) < 4.78 is 5.28. The van der Waals surface area contributed by atoms with Gasteiger partial charge in [-0.25, -0.2) is 4.98 Å². The lowest BCUT2D eigenvalue weighted by molar-refractivity contribution is 0.102. The van der Waals surface area contributed by atoms with Crippen LogP contribution in [0.25, 0.3) is 0 Å². The van der Waals surface area contributed by atoms with Gasteiger partial charge in [-0.3, -0.25) is 9.79 Å². The van der Waals surface area contributed by atoms with Gasteiger partial charge >= 0.3 is 0 Å². The average molecular weight is 441 g/mol. The first kappa shape index (κ1) is 22.5. The molecule has 1 aliphatic rings. The zero-order chi connectivity index (χ0) is 19.4. The molecule has 3 N–H and O–H groups in total. The number of carbonyl (C=O) groups is 1. The van der Waals surface area contributed by atoms with Gasteiger partial charge in [0, 0.05) is 24.7 Å². The summed E-state index contributed by atoms with van der Waals surface area (Å²) in [4.78, 5) is 21.2. The first-order chi connectivity index (χ1) is 12.9. The van der Waals surface area contributed by atoms with E-state index in [-0.39, 0.29) is 18.3 Å². The number of anilines is 1. The van der Waals surface area contributed by atoms with E-state index in [0.29, 0.717) is 28.2 Å². The molecule has 150 valence electrons. The SMILES string of the molecule is COCc1cc(NC(=O)c2ccc(Cl)cn2)cc(C2(C)CCSC(N)=N2)c1.Cl. The molecule has 2 aromatic rings. The summed E-state index contributed by atoms with van der Waals surface area (Å²) in [5.74, 6) is 0.594. The van der Waals surface area contributed by atoms with E-state index in [0.717, 1.165) is 23.3 Å². The Labute approximate surface area is 179 Å². The van der Waals surface area contributed by atoms with Gasteiger partial charge in [-0.15, -0.1) is 12.4 Å². The van der Waals surface area contributed by atoms with Crippen LogP contribution in [0.15, 0.2) is 41.5 Å². The number of hydrogen-bond donors (Lipinski definition) is 2. The number of pyridine rings is 1. The van der Waals surface area contributed by atoms with E-state index >= 15 is 0 Å². The summed E-state index contributed by atoms with van der Waals surface area (Å²) in [6.07, 6.45) is 2.31. The van der Waals surface area contributed by atoms with Crippen molar-refractivity contribution in [2.75, 3.05) is 18.2 Å². The minimum atomic E-state index is -0.433. The van der Waals surface area contributed by atoms with E-state index in [9.17, 15) is 4.79 Å².